The summed E-state index contributed by atoms with van der Waals surface area (Å²) in [4.78, 5) is 43.7. The molecule has 4 rings (SSSR count). The number of hydrazine groups is 1. The van der Waals surface area contributed by atoms with Crippen LogP contribution in [-0.4, -0.2) is 46.4 Å². The number of carbonyl (C=O) groups is 3. The Morgan fingerprint density at radius 1 is 1.23 bits per heavy atom. The van der Waals surface area contributed by atoms with Gasteiger partial charge < -0.3 is 4.90 Å². The Bertz CT molecular complexity index is 734. The molecule has 26 heavy (non-hydrogen) atoms. The largest absolute Gasteiger partial charge is 0.345 e. The van der Waals surface area contributed by atoms with Gasteiger partial charge in [0.15, 0.2) is 0 Å². The number of fused-ring (bicyclic) bond motifs is 3. The maximum Gasteiger partial charge on any atom is 0.345 e. The number of hydroxylamine groups is 2. The Balaban J connectivity index is 1.48. The lowest BCUT2D eigenvalue weighted by Gasteiger charge is -2.35. The van der Waals surface area contributed by atoms with Gasteiger partial charge in [0.25, 0.3) is 5.91 Å². The average molecular weight is 358 g/mol. The molecule has 2 unspecified atom stereocenters. The first kappa shape index (κ1) is 16.8. The van der Waals surface area contributed by atoms with Crippen LogP contribution in [-0.2, 0) is 21.0 Å². The number of nitrogens with one attached hydrogen (secondary N) is 2. The molecule has 0 aromatic heterocycles. The second-order valence-corrected chi connectivity index (χ2v) is 7.29. The number of hydrogen-bond donors (Lipinski definition) is 2. The number of rotatable bonds is 4. The summed E-state index contributed by atoms with van der Waals surface area (Å²) < 4.78 is 0. The zero-order valence-corrected chi connectivity index (χ0v) is 14.6. The Kier molecular flexibility index (Phi) is 4.07. The number of amides is 4. The third-order valence-corrected chi connectivity index (χ3v) is 5.54. The zero-order valence-electron chi connectivity index (χ0n) is 14.6. The Morgan fingerprint density at radius 3 is 2.62 bits per heavy atom. The lowest BCUT2D eigenvalue weighted by atomic mass is 9.85. The molecule has 2 saturated heterocycles. The van der Waals surface area contributed by atoms with Crippen molar-refractivity contribution in [3.63, 3.8) is 0 Å². The predicted molar refractivity (Wildman–Crippen MR) is 91.0 cm³/mol. The summed E-state index contributed by atoms with van der Waals surface area (Å²) in [6.45, 7) is 2.11. The van der Waals surface area contributed by atoms with E-state index in [9.17, 15) is 14.4 Å². The number of hydrogen-bond acceptors (Lipinski definition) is 4. The van der Waals surface area contributed by atoms with Crippen molar-refractivity contribution in [1.82, 2.24) is 20.8 Å². The van der Waals surface area contributed by atoms with E-state index < -0.39 is 6.04 Å². The van der Waals surface area contributed by atoms with Crippen molar-refractivity contribution < 1.29 is 19.2 Å². The van der Waals surface area contributed by atoms with Crippen LogP contribution in [0.4, 0.5) is 4.79 Å². The highest BCUT2D eigenvalue weighted by molar-refractivity contribution is 5.90. The second-order valence-electron chi connectivity index (χ2n) is 7.29. The lowest BCUT2D eigenvalue weighted by Crippen LogP contribution is -2.55. The van der Waals surface area contributed by atoms with E-state index in [1.807, 2.05) is 30.3 Å². The molecule has 138 valence electrons. The first-order valence-electron chi connectivity index (χ1n) is 8.83. The normalized spacial score (nSPS) is 25.3. The van der Waals surface area contributed by atoms with Crippen molar-refractivity contribution in [3.8, 4) is 0 Å². The number of urea groups is 1. The van der Waals surface area contributed by atoms with Crippen LogP contribution in [0.5, 0.6) is 0 Å². The van der Waals surface area contributed by atoms with Gasteiger partial charge in [0.05, 0.1) is 6.04 Å². The molecule has 4 amide bonds. The molecule has 3 fully saturated rings. The fourth-order valence-electron chi connectivity index (χ4n) is 3.96. The summed E-state index contributed by atoms with van der Waals surface area (Å²) >= 11 is 0. The monoisotopic (exact) mass is 358 g/mol. The molecule has 1 spiro atoms. The minimum atomic E-state index is -0.585. The first-order valence-corrected chi connectivity index (χ1v) is 8.83. The Labute approximate surface area is 151 Å². The molecule has 3 aliphatic rings. The second kappa shape index (κ2) is 6.28. The van der Waals surface area contributed by atoms with E-state index in [1.54, 1.807) is 4.90 Å². The fraction of sp³-hybridized carbons (Fsp3) is 0.500. The van der Waals surface area contributed by atoms with Crippen LogP contribution >= 0.6 is 0 Å². The van der Waals surface area contributed by atoms with Crippen LogP contribution < -0.4 is 10.9 Å². The van der Waals surface area contributed by atoms with Crippen molar-refractivity contribution in [1.29, 1.82) is 0 Å². The quantitative estimate of drug-likeness (QED) is 0.784. The highest BCUT2D eigenvalue weighted by atomic mass is 16.7. The molecule has 1 aromatic rings. The molecular formula is C18H22N4O4. The van der Waals surface area contributed by atoms with Gasteiger partial charge in [0.2, 0.25) is 5.91 Å². The molecular weight excluding hydrogens is 336 g/mol. The maximum atomic E-state index is 12.8. The molecule has 2 N–H and O–H groups in total. The summed E-state index contributed by atoms with van der Waals surface area (Å²) in [7, 11) is 0. The number of benzene rings is 1. The van der Waals surface area contributed by atoms with Crippen molar-refractivity contribution in [2.24, 2.45) is 5.41 Å². The van der Waals surface area contributed by atoms with Crippen molar-refractivity contribution in [2.75, 3.05) is 6.54 Å². The minimum absolute atomic E-state index is 0.0245. The highest BCUT2D eigenvalue weighted by Crippen LogP contribution is 2.59. The van der Waals surface area contributed by atoms with E-state index in [0.29, 0.717) is 19.6 Å². The molecule has 1 saturated carbocycles. The fourth-order valence-corrected chi connectivity index (χ4v) is 3.96. The number of piperidine rings is 1. The zero-order chi connectivity index (χ0) is 18.3. The third-order valence-electron chi connectivity index (χ3n) is 5.54. The summed E-state index contributed by atoms with van der Waals surface area (Å²) in [5.41, 5.74) is 5.63. The van der Waals surface area contributed by atoms with E-state index in [0.717, 1.165) is 18.4 Å². The standard InChI is InChI=1S/C18H22N4O4/c1-12(23)19-20-16(24)14-9-18(7-8-18)15-10-21(14)17(25)22(15)26-11-13-5-3-2-4-6-13/h2-6,14-15H,7-11H2,1H3,(H,19,23)(H,20,24). The van der Waals surface area contributed by atoms with Gasteiger partial charge in [-0.25, -0.2) is 4.79 Å². The van der Waals surface area contributed by atoms with Gasteiger partial charge in [0, 0.05) is 13.5 Å². The van der Waals surface area contributed by atoms with Crippen molar-refractivity contribution in [3.05, 3.63) is 35.9 Å². The molecule has 2 bridgehead atoms. The highest BCUT2D eigenvalue weighted by Gasteiger charge is 2.64. The van der Waals surface area contributed by atoms with E-state index in [2.05, 4.69) is 10.9 Å². The molecule has 2 heterocycles. The molecule has 1 aromatic carbocycles. The molecule has 8 nitrogen and oxygen atoms in total. The van der Waals surface area contributed by atoms with E-state index >= 15 is 0 Å². The third kappa shape index (κ3) is 2.90. The topological polar surface area (TPSA) is 91.0 Å². The van der Waals surface area contributed by atoms with Crippen LogP contribution in [0.15, 0.2) is 30.3 Å². The van der Waals surface area contributed by atoms with Crippen molar-refractivity contribution in [2.45, 2.75) is 44.9 Å². The van der Waals surface area contributed by atoms with E-state index in [1.165, 1.54) is 12.0 Å². The summed E-state index contributed by atoms with van der Waals surface area (Å²) in [6, 6.07) is 8.79. The summed E-state index contributed by atoms with van der Waals surface area (Å²) in [6.07, 6.45) is 2.56. The maximum absolute atomic E-state index is 12.8. The lowest BCUT2D eigenvalue weighted by molar-refractivity contribution is -0.153. The van der Waals surface area contributed by atoms with E-state index in [4.69, 9.17) is 4.84 Å². The molecule has 8 heteroatoms. The number of carbonyl (C=O) groups excluding carboxylic acids is 3. The number of nitrogens with zero attached hydrogens (tertiary/aromatic N) is 2. The van der Waals surface area contributed by atoms with E-state index in [-0.39, 0.29) is 29.3 Å². The van der Waals surface area contributed by atoms with Gasteiger partial charge in [0.1, 0.15) is 12.6 Å². The van der Waals surface area contributed by atoms with Crippen LogP contribution in [0.2, 0.25) is 0 Å². The van der Waals surface area contributed by atoms with Gasteiger partial charge in [-0.05, 0) is 30.2 Å². The average Bonchev–Trinajstić information content (AvgIpc) is 3.35. The van der Waals surface area contributed by atoms with Crippen LogP contribution in [0.3, 0.4) is 0 Å². The predicted octanol–water partition coefficient (Wildman–Crippen LogP) is 0.944. The van der Waals surface area contributed by atoms with Crippen molar-refractivity contribution >= 4 is 17.8 Å². The molecule has 2 aliphatic heterocycles. The SMILES string of the molecule is CC(=O)NNC(=O)C1CC2(CC2)C2CN1C(=O)N2OCc1ccccc1. The first-order chi connectivity index (χ1) is 12.5. The molecule has 0 radical (unpaired) electrons. The van der Waals surface area contributed by atoms with Gasteiger partial charge in [-0.15, -0.1) is 0 Å². The summed E-state index contributed by atoms with van der Waals surface area (Å²) in [5, 5.41) is 1.46. The minimum Gasteiger partial charge on any atom is -0.309 e. The molecule has 1 aliphatic carbocycles. The van der Waals surface area contributed by atoms with Crippen LogP contribution in [0.25, 0.3) is 0 Å². The summed E-state index contributed by atoms with van der Waals surface area (Å²) in [5.74, 6) is -0.711. The van der Waals surface area contributed by atoms with Gasteiger partial charge >= 0.3 is 6.03 Å². The Morgan fingerprint density at radius 2 is 1.96 bits per heavy atom. The smallest absolute Gasteiger partial charge is 0.309 e. The van der Waals surface area contributed by atoms with Gasteiger partial charge in [-0.1, -0.05) is 30.3 Å². The van der Waals surface area contributed by atoms with Gasteiger partial charge in [-0.2, -0.15) is 5.06 Å². The molecule has 2 atom stereocenters. The van der Waals surface area contributed by atoms with Gasteiger partial charge in [-0.3, -0.25) is 25.3 Å². The van der Waals surface area contributed by atoms with Crippen LogP contribution in [0, 0.1) is 5.41 Å². The van der Waals surface area contributed by atoms with Crippen LogP contribution in [0.1, 0.15) is 31.7 Å². The Hall–Kier alpha value is -2.61.